The lowest BCUT2D eigenvalue weighted by atomic mass is 10.1. The number of rotatable bonds is 2. The van der Waals surface area contributed by atoms with Crippen LogP contribution in [0.1, 0.15) is 12.8 Å². The predicted octanol–water partition coefficient (Wildman–Crippen LogP) is 1.68. The molecule has 7 heteroatoms. The van der Waals surface area contributed by atoms with Gasteiger partial charge in [-0.15, -0.1) is 11.3 Å². The lowest BCUT2D eigenvalue weighted by Crippen LogP contribution is -2.32. The molecule has 1 fully saturated rings. The van der Waals surface area contributed by atoms with Crippen molar-refractivity contribution >= 4 is 37.2 Å². The van der Waals surface area contributed by atoms with Gasteiger partial charge in [0.05, 0.1) is 16.9 Å². The topological polar surface area (TPSA) is 72.0 Å². The number of anilines is 1. The van der Waals surface area contributed by atoms with Crippen LogP contribution in [-0.2, 0) is 9.84 Å². The SMILES string of the molecule is O=S1(=O)CCC(Nc2ncnc3sccc23)CC1. The maximum absolute atomic E-state index is 11.4. The van der Waals surface area contributed by atoms with E-state index < -0.39 is 9.84 Å². The van der Waals surface area contributed by atoms with Crippen LogP contribution in [0.3, 0.4) is 0 Å². The molecule has 0 amide bonds. The van der Waals surface area contributed by atoms with E-state index in [4.69, 9.17) is 0 Å². The molecule has 0 spiro atoms. The lowest BCUT2D eigenvalue weighted by molar-refractivity contribution is 0.559. The van der Waals surface area contributed by atoms with Gasteiger partial charge in [0.15, 0.2) is 0 Å². The van der Waals surface area contributed by atoms with Crippen LogP contribution in [0.5, 0.6) is 0 Å². The van der Waals surface area contributed by atoms with Crippen molar-refractivity contribution in [2.45, 2.75) is 18.9 Å². The summed E-state index contributed by atoms with van der Waals surface area (Å²) in [5, 5.41) is 6.33. The van der Waals surface area contributed by atoms with Crippen molar-refractivity contribution in [2.24, 2.45) is 0 Å². The molecular weight excluding hydrogens is 270 g/mol. The van der Waals surface area contributed by atoms with Gasteiger partial charge >= 0.3 is 0 Å². The highest BCUT2D eigenvalue weighted by atomic mass is 32.2. The normalized spacial score (nSPS) is 20.0. The number of fused-ring (bicyclic) bond motifs is 1. The van der Waals surface area contributed by atoms with E-state index in [2.05, 4.69) is 15.3 Å². The zero-order valence-corrected chi connectivity index (χ0v) is 11.3. The molecule has 0 bridgehead atoms. The molecule has 0 aromatic carbocycles. The van der Waals surface area contributed by atoms with Gasteiger partial charge in [-0.25, -0.2) is 18.4 Å². The minimum atomic E-state index is -2.81. The van der Waals surface area contributed by atoms with E-state index in [0.717, 1.165) is 16.0 Å². The molecule has 3 rings (SSSR count). The van der Waals surface area contributed by atoms with E-state index >= 15 is 0 Å². The first-order valence-electron chi connectivity index (χ1n) is 5.79. The van der Waals surface area contributed by atoms with E-state index in [1.54, 1.807) is 17.7 Å². The highest BCUT2D eigenvalue weighted by Gasteiger charge is 2.24. The third kappa shape index (κ3) is 2.32. The van der Waals surface area contributed by atoms with Crippen molar-refractivity contribution in [2.75, 3.05) is 16.8 Å². The Morgan fingerprint density at radius 2 is 2.06 bits per heavy atom. The lowest BCUT2D eigenvalue weighted by Gasteiger charge is -2.23. The standard InChI is InChI=1S/C11H13N3O2S2/c15-18(16)5-2-8(3-6-18)14-10-9-1-4-17-11(9)13-7-12-10/h1,4,7-8H,2-3,5-6H2,(H,12,13,14). The molecule has 0 aliphatic carbocycles. The first-order valence-corrected chi connectivity index (χ1v) is 8.49. The van der Waals surface area contributed by atoms with E-state index in [1.165, 1.54) is 0 Å². The summed E-state index contributed by atoms with van der Waals surface area (Å²) < 4.78 is 22.7. The molecule has 0 radical (unpaired) electrons. The van der Waals surface area contributed by atoms with Gasteiger partial charge in [-0.1, -0.05) is 0 Å². The number of aromatic nitrogens is 2. The van der Waals surface area contributed by atoms with Crippen LogP contribution < -0.4 is 5.32 Å². The maximum atomic E-state index is 11.4. The molecule has 0 saturated carbocycles. The summed E-state index contributed by atoms with van der Waals surface area (Å²) in [6.07, 6.45) is 2.84. The maximum Gasteiger partial charge on any atom is 0.150 e. The van der Waals surface area contributed by atoms with Crippen LogP contribution in [0.2, 0.25) is 0 Å². The van der Waals surface area contributed by atoms with Crippen molar-refractivity contribution in [1.29, 1.82) is 0 Å². The van der Waals surface area contributed by atoms with Crippen LogP contribution in [0.4, 0.5) is 5.82 Å². The number of sulfone groups is 1. The van der Waals surface area contributed by atoms with E-state index in [1.807, 2.05) is 11.4 Å². The second kappa shape index (κ2) is 4.47. The predicted molar refractivity (Wildman–Crippen MR) is 72.7 cm³/mol. The van der Waals surface area contributed by atoms with Gasteiger partial charge in [0.1, 0.15) is 26.8 Å². The summed E-state index contributed by atoms with van der Waals surface area (Å²) in [4.78, 5) is 9.39. The van der Waals surface area contributed by atoms with Crippen molar-refractivity contribution in [3.05, 3.63) is 17.8 Å². The van der Waals surface area contributed by atoms with Gasteiger partial charge in [-0.2, -0.15) is 0 Å². The quantitative estimate of drug-likeness (QED) is 0.908. The molecule has 2 aromatic rings. The van der Waals surface area contributed by atoms with Crippen LogP contribution in [-0.4, -0.2) is 35.9 Å². The number of nitrogens with one attached hydrogen (secondary N) is 1. The van der Waals surface area contributed by atoms with Gasteiger partial charge in [0.2, 0.25) is 0 Å². The molecule has 1 aliphatic heterocycles. The van der Waals surface area contributed by atoms with Gasteiger partial charge < -0.3 is 5.32 Å². The molecule has 96 valence electrons. The highest BCUT2D eigenvalue weighted by molar-refractivity contribution is 7.91. The minimum Gasteiger partial charge on any atom is -0.367 e. The Balaban J connectivity index is 1.79. The van der Waals surface area contributed by atoms with Crippen molar-refractivity contribution in [1.82, 2.24) is 9.97 Å². The van der Waals surface area contributed by atoms with Gasteiger partial charge in [0.25, 0.3) is 0 Å². The third-order valence-corrected chi connectivity index (χ3v) is 5.69. The Kier molecular flexibility index (Phi) is 2.95. The number of hydrogen-bond acceptors (Lipinski definition) is 6. The molecular formula is C11H13N3O2S2. The van der Waals surface area contributed by atoms with Gasteiger partial charge in [0, 0.05) is 6.04 Å². The van der Waals surface area contributed by atoms with Crippen LogP contribution in [0.25, 0.3) is 10.2 Å². The molecule has 1 aliphatic rings. The fourth-order valence-electron chi connectivity index (χ4n) is 2.13. The first kappa shape index (κ1) is 11.9. The average molecular weight is 283 g/mol. The second-order valence-corrected chi connectivity index (χ2v) is 7.63. The van der Waals surface area contributed by atoms with Crippen LogP contribution >= 0.6 is 11.3 Å². The van der Waals surface area contributed by atoms with Gasteiger partial charge in [-0.05, 0) is 24.3 Å². The van der Waals surface area contributed by atoms with Crippen molar-refractivity contribution in [3.8, 4) is 0 Å². The van der Waals surface area contributed by atoms with Crippen LogP contribution in [0.15, 0.2) is 17.8 Å². The molecule has 1 N–H and O–H groups in total. The summed E-state index contributed by atoms with van der Waals surface area (Å²) in [6.45, 7) is 0. The van der Waals surface area contributed by atoms with Crippen molar-refractivity contribution < 1.29 is 8.42 Å². The molecule has 18 heavy (non-hydrogen) atoms. The Labute approximate surface area is 109 Å². The Bertz CT molecular complexity index is 652. The van der Waals surface area contributed by atoms with E-state index in [9.17, 15) is 8.42 Å². The fraction of sp³-hybridized carbons (Fsp3) is 0.455. The second-order valence-electron chi connectivity index (χ2n) is 4.43. The van der Waals surface area contributed by atoms with Crippen LogP contribution in [0, 0.1) is 0 Å². The summed E-state index contributed by atoms with van der Waals surface area (Å²) in [6, 6.07) is 2.17. The molecule has 2 aromatic heterocycles. The van der Waals surface area contributed by atoms with Gasteiger partial charge in [-0.3, -0.25) is 0 Å². The zero-order chi connectivity index (χ0) is 12.6. The monoisotopic (exact) mass is 283 g/mol. The molecule has 0 unspecified atom stereocenters. The molecule has 3 heterocycles. The Morgan fingerprint density at radius 3 is 2.83 bits per heavy atom. The summed E-state index contributed by atoms with van der Waals surface area (Å²) in [7, 11) is -2.81. The summed E-state index contributed by atoms with van der Waals surface area (Å²) >= 11 is 1.58. The molecule has 0 atom stereocenters. The van der Waals surface area contributed by atoms with Crippen molar-refractivity contribution in [3.63, 3.8) is 0 Å². The van der Waals surface area contributed by atoms with E-state index in [0.29, 0.717) is 12.8 Å². The Hall–Kier alpha value is -1.21. The minimum absolute atomic E-state index is 0.187. The summed E-state index contributed by atoms with van der Waals surface area (Å²) in [5.74, 6) is 1.34. The number of thiophene rings is 1. The largest absolute Gasteiger partial charge is 0.367 e. The number of nitrogens with zero attached hydrogens (tertiary/aromatic N) is 2. The fourth-order valence-corrected chi connectivity index (χ4v) is 4.36. The third-order valence-electron chi connectivity index (χ3n) is 3.16. The zero-order valence-electron chi connectivity index (χ0n) is 9.67. The molecule has 1 saturated heterocycles. The highest BCUT2D eigenvalue weighted by Crippen LogP contribution is 2.25. The number of hydrogen-bond donors (Lipinski definition) is 1. The molecule has 5 nitrogen and oxygen atoms in total. The van der Waals surface area contributed by atoms with E-state index in [-0.39, 0.29) is 17.5 Å². The average Bonchev–Trinajstić information content (AvgIpc) is 2.81. The summed E-state index contributed by atoms with van der Waals surface area (Å²) in [5.41, 5.74) is 0. The first-order chi connectivity index (χ1) is 8.64. The Morgan fingerprint density at radius 1 is 1.28 bits per heavy atom. The smallest absolute Gasteiger partial charge is 0.150 e.